The highest BCUT2D eigenvalue weighted by Gasteiger charge is 2.35. The fraction of sp³-hybridized carbons (Fsp3) is 0.471. The minimum absolute atomic E-state index is 0.324. The number of aromatic nitrogens is 2. The maximum absolute atomic E-state index is 4.18. The molecule has 0 spiro atoms. The molecule has 0 bridgehead atoms. The van der Waals surface area contributed by atoms with Gasteiger partial charge in [-0.3, -0.25) is 0 Å². The number of imidazole rings is 1. The van der Waals surface area contributed by atoms with Crippen molar-refractivity contribution >= 4 is 23.5 Å². The van der Waals surface area contributed by atoms with Gasteiger partial charge in [-0.1, -0.05) is 31.2 Å². The summed E-state index contributed by atoms with van der Waals surface area (Å²) < 4.78 is 2.55. The summed E-state index contributed by atoms with van der Waals surface area (Å²) in [5, 5.41) is 0. The maximum Gasteiger partial charge on any atom is 0.0946 e. The number of rotatable bonds is 6. The summed E-state index contributed by atoms with van der Waals surface area (Å²) in [6, 6.07) is 9.14. The van der Waals surface area contributed by atoms with Crippen molar-refractivity contribution in [2.24, 2.45) is 0 Å². The molecule has 1 saturated heterocycles. The van der Waals surface area contributed by atoms with E-state index >= 15 is 0 Å². The van der Waals surface area contributed by atoms with Crippen molar-refractivity contribution in [3.63, 3.8) is 0 Å². The Balaban J connectivity index is 1.64. The van der Waals surface area contributed by atoms with Crippen molar-refractivity contribution in [2.45, 2.75) is 36.8 Å². The largest absolute Gasteiger partial charge is 0.335 e. The zero-order chi connectivity index (χ0) is 14.5. The second-order valence-electron chi connectivity index (χ2n) is 5.51. The Kier molecular flexibility index (Phi) is 4.96. The van der Waals surface area contributed by atoms with Crippen LogP contribution >= 0.6 is 23.5 Å². The number of nitrogens with zero attached hydrogens (tertiary/aromatic N) is 2. The second kappa shape index (κ2) is 6.93. The van der Waals surface area contributed by atoms with Crippen LogP contribution in [0.1, 0.15) is 24.5 Å². The molecular formula is C17H22N2S2. The molecule has 0 unspecified atom stereocenters. The molecule has 0 aliphatic carbocycles. The van der Waals surface area contributed by atoms with Crippen LogP contribution in [0.3, 0.4) is 0 Å². The Hall–Kier alpha value is -0.870. The summed E-state index contributed by atoms with van der Waals surface area (Å²) in [5.41, 5.74) is 2.89. The Bertz CT molecular complexity index is 543. The quantitative estimate of drug-likeness (QED) is 0.793. The van der Waals surface area contributed by atoms with Crippen LogP contribution in [0.25, 0.3) is 0 Å². The number of aryl methyl sites for hydroxylation is 2. The number of hydrogen-bond acceptors (Lipinski definition) is 3. The van der Waals surface area contributed by atoms with Crippen molar-refractivity contribution < 1.29 is 0 Å². The van der Waals surface area contributed by atoms with Gasteiger partial charge < -0.3 is 4.57 Å². The van der Waals surface area contributed by atoms with Gasteiger partial charge in [-0.2, -0.15) is 0 Å². The van der Waals surface area contributed by atoms with Crippen molar-refractivity contribution in [1.29, 1.82) is 0 Å². The highest BCUT2D eigenvalue weighted by Crippen LogP contribution is 2.48. The van der Waals surface area contributed by atoms with Crippen LogP contribution in [0.5, 0.6) is 0 Å². The molecule has 0 radical (unpaired) electrons. The van der Waals surface area contributed by atoms with Gasteiger partial charge in [-0.05, 0) is 30.4 Å². The molecule has 2 aromatic rings. The first-order valence-corrected chi connectivity index (χ1v) is 9.58. The zero-order valence-electron chi connectivity index (χ0n) is 12.5. The van der Waals surface area contributed by atoms with Gasteiger partial charge in [0.2, 0.25) is 0 Å². The molecule has 1 aliphatic heterocycles. The molecule has 4 heteroatoms. The van der Waals surface area contributed by atoms with E-state index in [1.807, 2.05) is 12.5 Å². The molecule has 0 atom stereocenters. The monoisotopic (exact) mass is 318 g/mol. The van der Waals surface area contributed by atoms with Gasteiger partial charge in [-0.25, -0.2) is 4.98 Å². The predicted octanol–water partition coefficient (Wildman–Crippen LogP) is 4.25. The summed E-state index contributed by atoms with van der Waals surface area (Å²) in [7, 11) is 0. The van der Waals surface area contributed by atoms with E-state index in [4.69, 9.17) is 0 Å². The molecule has 112 valence electrons. The van der Waals surface area contributed by atoms with Crippen LogP contribution < -0.4 is 0 Å². The highest BCUT2D eigenvalue weighted by atomic mass is 32.2. The first kappa shape index (κ1) is 15.0. The van der Waals surface area contributed by atoms with Crippen LogP contribution in [0.15, 0.2) is 43.0 Å². The summed E-state index contributed by atoms with van der Waals surface area (Å²) in [4.78, 5) is 4.18. The molecule has 2 heterocycles. The van der Waals surface area contributed by atoms with Crippen molar-refractivity contribution in [3.05, 3.63) is 54.1 Å². The molecule has 3 rings (SSSR count). The van der Waals surface area contributed by atoms with Gasteiger partial charge in [0.05, 0.1) is 10.4 Å². The summed E-state index contributed by atoms with van der Waals surface area (Å²) in [5.74, 6) is 2.54. The fourth-order valence-electron chi connectivity index (χ4n) is 2.75. The third-order valence-corrected chi connectivity index (χ3v) is 7.52. The third kappa shape index (κ3) is 3.86. The zero-order valence-corrected chi connectivity index (χ0v) is 14.1. The number of hydrogen-bond donors (Lipinski definition) is 0. The van der Waals surface area contributed by atoms with E-state index in [1.165, 1.54) is 35.5 Å². The lowest BCUT2D eigenvalue weighted by atomic mass is 10.0. The Morgan fingerprint density at radius 2 is 1.86 bits per heavy atom. The van der Waals surface area contributed by atoms with Crippen molar-refractivity contribution in [1.82, 2.24) is 9.55 Å². The van der Waals surface area contributed by atoms with Crippen LogP contribution in [-0.4, -0.2) is 25.1 Å². The van der Waals surface area contributed by atoms with E-state index in [2.05, 4.69) is 70.5 Å². The minimum Gasteiger partial charge on any atom is -0.335 e. The van der Waals surface area contributed by atoms with E-state index in [1.54, 1.807) is 0 Å². The lowest BCUT2D eigenvalue weighted by Gasteiger charge is -2.27. The van der Waals surface area contributed by atoms with Gasteiger partial charge >= 0.3 is 0 Å². The SMILES string of the molecule is CCc1ccc(CCC2(Cn3ccnc3)SCCS2)cc1. The van der Waals surface area contributed by atoms with Gasteiger partial charge in [0.1, 0.15) is 0 Å². The van der Waals surface area contributed by atoms with Gasteiger partial charge in [0, 0.05) is 30.4 Å². The molecule has 0 saturated carbocycles. The first-order valence-electron chi connectivity index (χ1n) is 7.61. The highest BCUT2D eigenvalue weighted by molar-refractivity contribution is 8.21. The molecule has 1 aromatic carbocycles. The van der Waals surface area contributed by atoms with Crippen LogP contribution in [-0.2, 0) is 19.4 Å². The molecule has 0 amide bonds. The molecule has 1 aliphatic rings. The summed E-state index contributed by atoms with van der Waals surface area (Å²) >= 11 is 4.26. The Morgan fingerprint density at radius 3 is 2.48 bits per heavy atom. The lowest BCUT2D eigenvalue weighted by Crippen LogP contribution is -2.25. The normalized spacial score (nSPS) is 17.2. The topological polar surface area (TPSA) is 17.8 Å². The minimum atomic E-state index is 0.324. The summed E-state index contributed by atoms with van der Waals surface area (Å²) in [6.07, 6.45) is 9.41. The lowest BCUT2D eigenvalue weighted by molar-refractivity contribution is 0.592. The van der Waals surface area contributed by atoms with Crippen LogP contribution in [0.4, 0.5) is 0 Å². The van der Waals surface area contributed by atoms with Crippen LogP contribution in [0, 0.1) is 0 Å². The smallest absolute Gasteiger partial charge is 0.0946 e. The summed E-state index contributed by atoms with van der Waals surface area (Å²) in [6.45, 7) is 3.27. The number of benzene rings is 1. The molecular weight excluding hydrogens is 296 g/mol. The second-order valence-corrected chi connectivity index (χ2v) is 8.73. The van der Waals surface area contributed by atoms with E-state index in [9.17, 15) is 0 Å². The molecule has 0 N–H and O–H groups in total. The average molecular weight is 319 g/mol. The van der Waals surface area contributed by atoms with Gasteiger partial charge in [0.25, 0.3) is 0 Å². The third-order valence-electron chi connectivity index (χ3n) is 4.02. The number of thioether (sulfide) groups is 2. The molecule has 1 aromatic heterocycles. The van der Waals surface area contributed by atoms with E-state index < -0.39 is 0 Å². The van der Waals surface area contributed by atoms with E-state index in [0.717, 1.165) is 13.0 Å². The van der Waals surface area contributed by atoms with E-state index in [0.29, 0.717) is 4.08 Å². The van der Waals surface area contributed by atoms with Crippen molar-refractivity contribution in [3.8, 4) is 0 Å². The fourth-order valence-corrected chi connectivity index (χ4v) is 5.96. The Labute approximate surface area is 135 Å². The molecule has 1 fully saturated rings. The first-order chi connectivity index (χ1) is 10.3. The van der Waals surface area contributed by atoms with E-state index in [-0.39, 0.29) is 0 Å². The maximum atomic E-state index is 4.18. The van der Waals surface area contributed by atoms with Gasteiger partial charge in [-0.15, -0.1) is 23.5 Å². The Morgan fingerprint density at radius 1 is 1.14 bits per heavy atom. The average Bonchev–Trinajstić information content (AvgIpc) is 3.19. The van der Waals surface area contributed by atoms with Crippen molar-refractivity contribution in [2.75, 3.05) is 11.5 Å². The molecule has 2 nitrogen and oxygen atoms in total. The van der Waals surface area contributed by atoms with Gasteiger partial charge in [0.15, 0.2) is 0 Å². The predicted molar refractivity (Wildman–Crippen MR) is 94.0 cm³/mol. The van der Waals surface area contributed by atoms with Crippen LogP contribution in [0.2, 0.25) is 0 Å². The standard InChI is InChI=1S/C17H22N2S2/c1-2-15-3-5-16(6-4-15)7-8-17(20-11-12-21-17)13-19-10-9-18-14-19/h3-6,9-10,14H,2,7-8,11-13H2,1H3. The molecule has 21 heavy (non-hydrogen) atoms.